The number of nitrogens with zero attached hydrogens (tertiary/aromatic N) is 1. The van der Waals surface area contributed by atoms with Crippen LogP contribution in [0.1, 0.15) is 24.0 Å². The Hall–Kier alpha value is -2.80. The highest BCUT2D eigenvalue weighted by Crippen LogP contribution is 2.36. The monoisotopic (exact) mass is 423 g/mol. The number of thioether (sulfide) groups is 1. The van der Waals surface area contributed by atoms with Crippen LogP contribution in [-0.4, -0.2) is 41.0 Å². The molecule has 4 rings (SSSR count). The number of para-hydroxylation sites is 1. The van der Waals surface area contributed by atoms with Gasteiger partial charge in [-0.2, -0.15) is 0 Å². The highest BCUT2D eigenvalue weighted by molar-refractivity contribution is 8.01. The summed E-state index contributed by atoms with van der Waals surface area (Å²) in [5.74, 6) is -0.811. The van der Waals surface area contributed by atoms with E-state index in [0.29, 0.717) is 19.6 Å². The van der Waals surface area contributed by atoms with E-state index in [1.165, 1.54) is 11.8 Å². The first-order valence-corrected chi connectivity index (χ1v) is 11.1. The number of piperidine rings is 1. The molecule has 156 valence electrons. The van der Waals surface area contributed by atoms with Crippen LogP contribution < -0.4 is 10.6 Å². The molecule has 7 heteroatoms. The molecule has 2 atom stereocenters. The number of nitrogens with one attached hydrogen (secondary N) is 2. The lowest BCUT2D eigenvalue weighted by atomic mass is 9.96. The molecule has 1 fully saturated rings. The van der Waals surface area contributed by atoms with E-state index in [4.69, 9.17) is 0 Å². The Morgan fingerprint density at radius 3 is 2.87 bits per heavy atom. The summed E-state index contributed by atoms with van der Waals surface area (Å²) in [6, 6.07) is 15.5. The summed E-state index contributed by atoms with van der Waals surface area (Å²) in [5.41, 5.74) is 2.95. The molecule has 0 aromatic heterocycles. The van der Waals surface area contributed by atoms with Crippen LogP contribution in [0, 0.1) is 12.8 Å². The van der Waals surface area contributed by atoms with E-state index in [-0.39, 0.29) is 23.6 Å². The third kappa shape index (κ3) is 4.51. The van der Waals surface area contributed by atoms with Crippen LogP contribution in [0.5, 0.6) is 0 Å². The van der Waals surface area contributed by atoms with Crippen LogP contribution in [0.4, 0.5) is 5.69 Å². The van der Waals surface area contributed by atoms with Crippen molar-refractivity contribution in [2.24, 2.45) is 5.92 Å². The standard InChI is InChI=1S/C23H25N3O3S/c1-15-6-4-7-16(12-15)13-24-21(27)17-8-5-11-26(14-17)23(29)20-22(28)25-18-9-2-3-10-19(18)30-20/h2-4,6-7,9-10,12,17,20H,5,8,11,13-14H2,1H3,(H,24,27)(H,25,28). The highest BCUT2D eigenvalue weighted by atomic mass is 32.2. The minimum Gasteiger partial charge on any atom is -0.352 e. The fourth-order valence-electron chi connectivity index (χ4n) is 3.93. The van der Waals surface area contributed by atoms with Gasteiger partial charge in [-0.3, -0.25) is 14.4 Å². The Kier molecular flexibility index (Phi) is 6.08. The van der Waals surface area contributed by atoms with Crippen molar-refractivity contribution in [3.63, 3.8) is 0 Å². The van der Waals surface area contributed by atoms with Crippen LogP contribution in [0.25, 0.3) is 0 Å². The van der Waals surface area contributed by atoms with Gasteiger partial charge < -0.3 is 15.5 Å². The fraction of sp³-hybridized carbons (Fsp3) is 0.348. The number of anilines is 1. The number of benzene rings is 2. The summed E-state index contributed by atoms with van der Waals surface area (Å²) >= 11 is 1.28. The van der Waals surface area contributed by atoms with Crippen molar-refractivity contribution in [3.8, 4) is 0 Å². The number of likely N-dealkylation sites (tertiary alicyclic amines) is 1. The molecule has 0 spiro atoms. The van der Waals surface area contributed by atoms with Gasteiger partial charge in [-0.15, -0.1) is 11.8 Å². The number of fused-ring (bicyclic) bond motifs is 1. The van der Waals surface area contributed by atoms with Gasteiger partial charge in [0.1, 0.15) is 0 Å². The smallest absolute Gasteiger partial charge is 0.247 e. The SMILES string of the molecule is Cc1cccc(CNC(=O)C2CCCN(C(=O)C3Sc4ccccc4NC3=O)C2)c1. The molecule has 6 nitrogen and oxygen atoms in total. The first-order valence-electron chi connectivity index (χ1n) is 10.2. The zero-order chi connectivity index (χ0) is 21.1. The van der Waals surface area contributed by atoms with Crippen LogP contribution in [0.3, 0.4) is 0 Å². The Labute approximate surface area is 180 Å². The van der Waals surface area contributed by atoms with Gasteiger partial charge in [0.25, 0.3) is 0 Å². The van der Waals surface area contributed by atoms with E-state index in [2.05, 4.69) is 10.6 Å². The maximum Gasteiger partial charge on any atom is 0.247 e. The summed E-state index contributed by atoms with van der Waals surface area (Å²) in [6.07, 6.45) is 1.50. The van der Waals surface area contributed by atoms with E-state index in [1.807, 2.05) is 55.5 Å². The second-order valence-electron chi connectivity index (χ2n) is 7.81. The van der Waals surface area contributed by atoms with E-state index in [9.17, 15) is 14.4 Å². The third-order valence-corrected chi connectivity index (χ3v) is 6.77. The minimum atomic E-state index is -0.811. The van der Waals surface area contributed by atoms with Gasteiger partial charge in [-0.1, -0.05) is 42.0 Å². The Balaban J connectivity index is 1.37. The van der Waals surface area contributed by atoms with Gasteiger partial charge in [0, 0.05) is 24.5 Å². The first-order chi connectivity index (χ1) is 14.5. The number of aryl methyl sites for hydroxylation is 1. The van der Waals surface area contributed by atoms with E-state index < -0.39 is 5.25 Å². The van der Waals surface area contributed by atoms with Crippen LogP contribution in [0.2, 0.25) is 0 Å². The summed E-state index contributed by atoms with van der Waals surface area (Å²) in [7, 11) is 0. The molecule has 0 aliphatic carbocycles. The molecule has 0 radical (unpaired) electrons. The normalized spacial score (nSPS) is 20.8. The molecule has 2 aromatic carbocycles. The molecular weight excluding hydrogens is 398 g/mol. The average Bonchev–Trinajstić information content (AvgIpc) is 2.76. The number of rotatable bonds is 4. The summed E-state index contributed by atoms with van der Waals surface area (Å²) in [6.45, 7) is 3.42. The molecule has 2 heterocycles. The summed E-state index contributed by atoms with van der Waals surface area (Å²) in [5, 5.41) is 5.00. The van der Waals surface area contributed by atoms with Crippen molar-refractivity contribution < 1.29 is 14.4 Å². The van der Waals surface area contributed by atoms with Gasteiger partial charge in [0.15, 0.2) is 5.25 Å². The quantitative estimate of drug-likeness (QED) is 0.741. The van der Waals surface area contributed by atoms with Gasteiger partial charge in [-0.05, 0) is 37.5 Å². The number of carbonyl (C=O) groups is 3. The molecule has 30 heavy (non-hydrogen) atoms. The number of carbonyl (C=O) groups excluding carboxylic acids is 3. The zero-order valence-electron chi connectivity index (χ0n) is 16.9. The lowest BCUT2D eigenvalue weighted by molar-refractivity contribution is -0.137. The van der Waals surface area contributed by atoms with Crippen LogP contribution in [-0.2, 0) is 20.9 Å². The lowest BCUT2D eigenvalue weighted by Crippen LogP contribution is -2.50. The Bertz CT molecular complexity index is 978. The number of amides is 3. The molecule has 2 aliphatic rings. The molecule has 2 unspecified atom stereocenters. The predicted molar refractivity (Wildman–Crippen MR) is 117 cm³/mol. The first kappa shape index (κ1) is 20.5. The third-order valence-electron chi connectivity index (χ3n) is 5.51. The second kappa shape index (κ2) is 8.92. The van der Waals surface area contributed by atoms with Crippen molar-refractivity contribution in [2.45, 2.75) is 36.5 Å². The van der Waals surface area contributed by atoms with Gasteiger partial charge in [0.05, 0.1) is 11.6 Å². The lowest BCUT2D eigenvalue weighted by Gasteiger charge is -2.35. The Morgan fingerprint density at radius 1 is 1.20 bits per heavy atom. The maximum atomic E-state index is 13.1. The summed E-state index contributed by atoms with van der Waals surface area (Å²) in [4.78, 5) is 40.8. The molecule has 3 amide bonds. The summed E-state index contributed by atoms with van der Waals surface area (Å²) < 4.78 is 0. The fourth-order valence-corrected chi connectivity index (χ4v) is 5.00. The number of hydrogen-bond donors (Lipinski definition) is 2. The highest BCUT2D eigenvalue weighted by Gasteiger charge is 2.38. The van der Waals surface area contributed by atoms with E-state index in [0.717, 1.165) is 34.6 Å². The van der Waals surface area contributed by atoms with Gasteiger partial charge in [0.2, 0.25) is 17.7 Å². The average molecular weight is 424 g/mol. The van der Waals surface area contributed by atoms with Gasteiger partial charge in [-0.25, -0.2) is 0 Å². The van der Waals surface area contributed by atoms with Crippen molar-refractivity contribution in [3.05, 3.63) is 59.7 Å². The predicted octanol–water partition coefficient (Wildman–Crippen LogP) is 2.96. The second-order valence-corrected chi connectivity index (χ2v) is 8.96. The zero-order valence-corrected chi connectivity index (χ0v) is 17.7. The van der Waals surface area contributed by atoms with E-state index in [1.54, 1.807) is 4.90 Å². The molecule has 2 aromatic rings. The molecular formula is C23H25N3O3S. The molecule has 0 saturated carbocycles. The minimum absolute atomic E-state index is 0.0416. The van der Waals surface area contributed by atoms with Crippen molar-refractivity contribution in [1.29, 1.82) is 0 Å². The maximum absolute atomic E-state index is 13.1. The van der Waals surface area contributed by atoms with Crippen LogP contribution >= 0.6 is 11.8 Å². The van der Waals surface area contributed by atoms with Crippen molar-refractivity contribution >= 4 is 35.2 Å². The molecule has 1 saturated heterocycles. The van der Waals surface area contributed by atoms with Crippen LogP contribution in [0.15, 0.2) is 53.4 Å². The van der Waals surface area contributed by atoms with Crippen molar-refractivity contribution in [1.82, 2.24) is 10.2 Å². The topological polar surface area (TPSA) is 78.5 Å². The van der Waals surface area contributed by atoms with Crippen molar-refractivity contribution in [2.75, 3.05) is 18.4 Å². The molecule has 2 N–H and O–H groups in total. The Morgan fingerprint density at radius 2 is 2.03 bits per heavy atom. The number of hydrogen-bond acceptors (Lipinski definition) is 4. The van der Waals surface area contributed by atoms with E-state index >= 15 is 0 Å². The largest absolute Gasteiger partial charge is 0.352 e. The molecule has 0 bridgehead atoms. The molecule has 2 aliphatic heterocycles. The van der Waals surface area contributed by atoms with Gasteiger partial charge >= 0.3 is 0 Å².